The average molecular weight is 302 g/mol. The molecule has 0 fully saturated rings. The van der Waals surface area contributed by atoms with Gasteiger partial charge in [0.05, 0.1) is 10.7 Å². The molecule has 0 aliphatic heterocycles. The maximum atomic E-state index is 6.25. The summed E-state index contributed by atoms with van der Waals surface area (Å²) in [6, 6.07) is 10.8. The van der Waals surface area contributed by atoms with Crippen LogP contribution in [0.2, 0.25) is 0 Å². The lowest BCUT2D eigenvalue weighted by Gasteiger charge is -2.14. The number of nitrogens with zero attached hydrogens (tertiary/aromatic N) is 1. The zero-order chi connectivity index (χ0) is 15.3. The van der Waals surface area contributed by atoms with E-state index in [1.54, 1.807) is 11.3 Å². The summed E-state index contributed by atoms with van der Waals surface area (Å²) in [5.74, 6) is 0. The molecule has 2 N–H and O–H groups in total. The topological polar surface area (TPSA) is 38.9 Å². The first kappa shape index (κ1) is 16.2. The first-order valence-corrected chi connectivity index (χ1v) is 8.57. The number of hydrogen-bond donors (Lipinski definition) is 1. The van der Waals surface area contributed by atoms with Gasteiger partial charge in [0, 0.05) is 23.3 Å². The highest BCUT2D eigenvalue weighted by atomic mass is 32.1. The van der Waals surface area contributed by atoms with E-state index in [1.165, 1.54) is 16.3 Å². The summed E-state index contributed by atoms with van der Waals surface area (Å²) in [6.07, 6.45) is 4.21. The predicted molar refractivity (Wildman–Crippen MR) is 91.9 cm³/mol. The molecule has 0 saturated heterocycles. The number of aromatic nitrogens is 1. The van der Waals surface area contributed by atoms with Crippen LogP contribution in [0.3, 0.4) is 0 Å². The van der Waals surface area contributed by atoms with Crippen molar-refractivity contribution in [1.82, 2.24) is 4.98 Å². The van der Waals surface area contributed by atoms with Gasteiger partial charge >= 0.3 is 0 Å². The van der Waals surface area contributed by atoms with Crippen molar-refractivity contribution in [3.63, 3.8) is 0 Å². The highest BCUT2D eigenvalue weighted by Gasteiger charge is 2.18. The van der Waals surface area contributed by atoms with Crippen LogP contribution in [0.4, 0.5) is 0 Å². The van der Waals surface area contributed by atoms with Gasteiger partial charge in [0.1, 0.15) is 0 Å². The number of aryl methyl sites for hydroxylation is 1. The standard InChI is InChI=1S/C18H26N2S/c1-18(2,3)16-13-21-17(20-16)12-15(19)11-7-10-14-8-5-4-6-9-14/h4-6,8-9,13,15H,7,10-12,19H2,1-3H3. The van der Waals surface area contributed by atoms with Crippen LogP contribution < -0.4 is 5.73 Å². The molecular formula is C18H26N2S. The van der Waals surface area contributed by atoms with Crippen molar-refractivity contribution in [2.45, 2.75) is 57.9 Å². The monoisotopic (exact) mass is 302 g/mol. The third-order valence-electron chi connectivity index (χ3n) is 3.64. The molecule has 1 heterocycles. The lowest BCUT2D eigenvalue weighted by atomic mass is 9.93. The van der Waals surface area contributed by atoms with Crippen LogP contribution >= 0.6 is 11.3 Å². The third kappa shape index (κ3) is 5.25. The van der Waals surface area contributed by atoms with E-state index in [1.807, 2.05) is 0 Å². The van der Waals surface area contributed by atoms with Crippen molar-refractivity contribution in [2.24, 2.45) is 5.73 Å². The molecule has 0 aliphatic carbocycles. The molecule has 0 radical (unpaired) electrons. The summed E-state index contributed by atoms with van der Waals surface area (Å²) in [5, 5.41) is 3.35. The molecule has 0 saturated carbocycles. The second kappa shape index (κ2) is 7.19. The van der Waals surface area contributed by atoms with E-state index >= 15 is 0 Å². The lowest BCUT2D eigenvalue weighted by molar-refractivity contribution is 0.558. The fraction of sp³-hybridized carbons (Fsp3) is 0.500. The zero-order valence-corrected chi connectivity index (χ0v) is 14.1. The molecule has 0 aliphatic rings. The van der Waals surface area contributed by atoms with Crippen LogP contribution in [0.15, 0.2) is 35.7 Å². The molecule has 0 bridgehead atoms. The molecule has 1 aromatic carbocycles. The number of hydrogen-bond acceptors (Lipinski definition) is 3. The highest BCUT2D eigenvalue weighted by Crippen LogP contribution is 2.24. The largest absolute Gasteiger partial charge is 0.327 e. The smallest absolute Gasteiger partial charge is 0.0943 e. The van der Waals surface area contributed by atoms with E-state index in [0.29, 0.717) is 0 Å². The van der Waals surface area contributed by atoms with Gasteiger partial charge in [-0.2, -0.15) is 0 Å². The van der Waals surface area contributed by atoms with Gasteiger partial charge in [0.15, 0.2) is 0 Å². The Morgan fingerprint density at radius 1 is 1.19 bits per heavy atom. The van der Waals surface area contributed by atoms with Crippen molar-refractivity contribution in [2.75, 3.05) is 0 Å². The first-order chi connectivity index (χ1) is 9.95. The van der Waals surface area contributed by atoms with Crippen molar-refractivity contribution in [3.05, 3.63) is 52.0 Å². The van der Waals surface area contributed by atoms with Gasteiger partial charge in [0.2, 0.25) is 0 Å². The van der Waals surface area contributed by atoms with Crippen molar-refractivity contribution in [3.8, 4) is 0 Å². The number of benzene rings is 1. The molecule has 2 aromatic rings. The molecule has 0 spiro atoms. The zero-order valence-electron chi connectivity index (χ0n) is 13.3. The molecule has 3 heteroatoms. The second-order valence-corrected chi connectivity index (χ2v) is 7.66. The Labute approximate surface area is 132 Å². The quantitative estimate of drug-likeness (QED) is 0.862. The Hall–Kier alpha value is -1.19. The van der Waals surface area contributed by atoms with Crippen LogP contribution in [-0.4, -0.2) is 11.0 Å². The van der Waals surface area contributed by atoms with Crippen LogP contribution in [0.25, 0.3) is 0 Å². The van der Waals surface area contributed by atoms with E-state index in [9.17, 15) is 0 Å². The molecular weight excluding hydrogens is 276 g/mol. The fourth-order valence-electron chi connectivity index (χ4n) is 2.29. The highest BCUT2D eigenvalue weighted by molar-refractivity contribution is 7.09. The number of nitrogens with two attached hydrogens (primary N) is 1. The van der Waals surface area contributed by atoms with Crippen molar-refractivity contribution < 1.29 is 0 Å². The normalized spacial score (nSPS) is 13.3. The van der Waals surface area contributed by atoms with Gasteiger partial charge in [-0.1, -0.05) is 51.1 Å². The fourth-order valence-corrected chi connectivity index (χ4v) is 3.40. The van der Waals surface area contributed by atoms with E-state index < -0.39 is 0 Å². The minimum atomic E-state index is 0.131. The van der Waals surface area contributed by atoms with Gasteiger partial charge in [-0.05, 0) is 24.8 Å². The minimum Gasteiger partial charge on any atom is -0.327 e. The van der Waals surface area contributed by atoms with Crippen LogP contribution in [-0.2, 0) is 18.3 Å². The Bertz CT molecular complexity index is 540. The molecule has 2 rings (SSSR count). The molecule has 1 aromatic heterocycles. The molecule has 2 nitrogen and oxygen atoms in total. The molecule has 114 valence electrons. The van der Waals surface area contributed by atoms with E-state index in [2.05, 4.69) is 56.5 Å². The molecule has 21 heavy (non-hydrogen) atoms. The summed E-state index contributed by atoms with van der Waals surface area (Å²) >= 11 is 1.74. The average Bonchev–Trinajstić information content (AvgIpc) is 2.88. The van der Waals surface area contributed by atoms with E-state index in [0.717, 1.165) is 25.7 Å². The summed E-state index contributed by atoms with van der Waals surface area (Å²) in [7, 11) is 0. The minimum absolute atomic E-state index is 0.131. The Balaban J connectivity index is 1.77. The van der Waals surface area contributed by atoms with E-state index in [-0.39, 0.29) is 11.5 Å². The van der Waals surface area contributed by atoms with Crippen LogP contribution in [0.1, 0.15) is 49.9 Å². The summed E-state index contributed by atoms with van der Waals surface area (Å²) in [5.41, 5.74) is 8.96. The van der Waals surface area contributed by atoms with Crippen molar-refractivity contribution >= 4 is 11.3 Å². The van der Waals surface area contributed by atoms with Crippen LogP contribution in [0, 0.1) is 0 Å². The second-order valence-electron chi connectivity index (χ2n) is 6.72. The number of rotatable bonds is 6. The Kier molecular flexibility index (Phi) is 5.54. The summed E-state index contributed by atoms with van der Waals surface area (Å²) in [6.45, 7) is 6.60. The molecule has 1 unspecified atom stereocenters. The Morgan fingerprint density at radius 3 is 2.52 bits per heavy atom. The number of thiazole rings is 1. The first-order valence-electron chi connectivity index (χ1n) is 7.69. The van der Waals surface area contributed by atoms with E-state index in [4.69, 9.17) is 10.7 Å². The van der Waals surface area contributed by atoms with Gasteiger partial charge in [-0.15, -0.1) is 11.3 Å². The summed E-state index contributed by atoms with van der Waals surface area (Å²) < 4.78 is 0. The third-order valence-corrected chi connectivity index (χ3v) is 4.51. The molecule has 1 atom stereocenters. The van der Waals surface area contributed by atoms with Gasteiger partial charge in [-0.3, -0.25) is 0 Å². The van der Waals surface area contributed by atoms with Crippen molar-refractivity contribution in [1.29, 1.82) is 0 Å². The lowest BCUT2D eigenvalue weighted by Crippen LogP contribution is -2.23. The SMILES string of the molecule is CC(C)(C)c1csc(CC(N)CCCc2ccccc2)n1. The van der Waals surface area contributed by atoms with Crippen LogP contribution in [0.5, 0.6) is 0 Å². The Morgan fingerprint density at radius 2 is 1.90 bits per heavy atom. The predicted octanol–water partition coefficient (Wildman–Crippen LogP) is 4.33. The van der Waals surface area contributed by atoms with Gasteiger partial charge in [-0.25, -0.2) is 4.98 Å². The molecule has 0 amide bonds. The van der Waals surface area contributed by atoms with Gasteiger partial charge in [0.25, 0.3) is 0 Å². The maximum Gasteiger partial charge on any atom is 0.0943 e. The summed E-state index contributed by atoms with van der Waals surface area (Å²) in [4.78, 5) is 4.73. The van der Waals surface area contributed by atoms with Gasteiger partial charge < -0.3 is 5.73 Å². The maximum absolute atomic E-state index is 6.25.